The second kappa shape index (κ2) is 7.62. The summed E-state index contributed by atoms with van der Waals surface area (Å²) in [5, 5.41) is 10.4. The third-order valence-electron chi connectivity index (χ3n) is 1.97. The molecule has 0 heterocycles. The first-order chi connectivity index (χ1) is 6.98. The van der Waals surface area contributed by atoms with E-state index in [9.17, 15) is 9.90 Å². The van der Waals surface area contributed by atoms with E-state index >= 15 is 0 Å². The summed E-state index contributed by atoms with van der Waals surface area (Å²) in [5.74, 6) is -1.03. The molecule has 0 atom stereocenters. The number of ether oxygens (including phenoxy) is 2. The second-order valence-electron chi connectivity index (χ2n) is 4.00. The zero-order valence-electron chi connectivity index (χ0n) is 9.82. The molecule has 0 aliphatic rings. The Morgan fingerprint density at radius 2 is 1.80 bits per heavy atom. The van der Waals surface area contributed by atoms with Crippen LogP contribution in [0.5, 0.6) is 0 Å². The highest BCUT2D eigenvalue weighted by molar-refractivity contribution is 5.65. The van der Waals surface area contributed by atoms with E-state index in [-0.39, 0.29) is 6.54 Å². The van der Waals surface area contributed by atoms with Crippen molar-refractivity contribution in [2.45, 2.75) is 6.92 Å². The number of likely N-dealkylation sites (N-methyl/N-ethyl adjacent to an activating group) is 1. The van der Waals surface area contributed by atoms with Crippen molar-refractivity contribution >= 4 is 5.97 Å². The summed E-state index contributed by atoms with van der Waals surface area (Å²) >= 11 is 0. The number of aliphatic carboxylic acids is 1. The molecule has 15 heavy (non-hydrogen) atoms. The highest BCUT2D eigenvalue weighted by Gasteiger charge is 2.14. The normalized spacial score (nSPS) is 11.7. The SMILES string of the molecule is CCOCCOCC[N+](C)(C)CC(=O)[O-]. The number of carboxylic acid groups (broad SMARTS) is 1. The highest BCUT2D eigenvalue weighted by atomic mass is 16.5. The topological polar surface area (TPSA) is 58.6 Å². The van der Waals surface area contributed by atoms with Crippen molar-refractivity contribution in [3.05, 3.63) is 0 Å². The lowest BCUT2D eigenvalue weighted by Crippen LogP contribution is -2.49. The van der Waals surface area contributed by atoms with Gasteiger partial charge < -0.3 is 23.9 Å². The van der Waals surface area contributed by atoms with E-state index in [0.717, 1.165) is 0 Å². The molecule has 0 bridgehead atoms. The van der Waals surface area contributed by atoms with Gasteiger partial charge in [0.2, 0.25) is 0 Å². The molecule has 90 valence electrons. The molecule has 0 aliphatic heterocycles. The molecule has 0 aromatic carbocycles. The molecule has 0 aliphatic carbocycles. The van der Waals surface area contributed by atoms with Crippen molar-refractivity contribution in [2.24, 2.45) is 0 Å². The number of nitrogens with zero attached hydrogens (tertiary/aromatic N) is 1. The van der Waals surface area contributed by atoms with Crippen LogP contribution in [0.4, 0.5) is 0 Å². The average molecular weight is 219 g/mol. The first-order valence-electron chi connectivity index (χ1n) is 5.15. The number of quaternary nitrogens is 1. The number of carbonyl (C=O) groups excluding carboxylic acids is 1. The number of hydrogen-bond donors (Lipinski definition) is 0. The molecule has 5 nitrogen and oxygen atoms in total. The molecule has 0 rings (SSSR count). The Kier molecular flexibility index (Phi) is 7.29. The molecule has 0 amide bonds. The van der Waals surface area contributed by atoms with Gasteiger partial charge in [0, 0.05) is 6.61 Å². The van der Waals surface area contributed by atoms with Crippen molar-refractivity contribution in [1.29, 1.82) is 0 Å². The summed E-state index contributed by atoms with van der Waals surface area (Å²) in [5.41, 5.74) is 0. The monoisotopic (exact) mass is 219 g/mol. The molecular formula is C10H21NO4. The Morgan fingerprint density at radius 3 is 2.33 bits per heavy atom. The second-order valence-corrected chi connectivity index (χ2v) is 4.00. The van der Waals surface area contributed by atoms with Crippen molar-refractivity contribution in [3.8, 4) is 0 Å². The van der Waals surface area contributed by atoms with E-state index in [0.29, 0.717) is 37.5 Å². The minimum absolute atomic E-state index is 0.00875. The standard InChI is InChI=1S/C10H21NO4/c1-4-14-7-8-15-6-5-11(2,3)9-10(12)13/h4-9H2,1-3H3. The lowest BCUT2D eigenvalue weighted by Gasteiger charge is -2.29. The number of hydrogen-bond acceptors (Lipinski definition) is 4. The maximum absolute atomic E-state index is 10.4. The molecule has 0 aromatic rings. The van der Waals surface area contributed by atoms with Gasteiger partial charge in [-0.3, -0.25) is 0 Å². The van der Waals surface area contributed by atoms with Gasteiger partial charge in [0.05, 0.1) is 39.9 Å². The quantitative estimate of drug-likeness (QED) is 0.363. The largest absolute Gasteiger partial charge is 0.544 e. The van der Waals surface area contributed by atoms with Crippen molar-refractivity contribution in [3.63, 3.8) is 0 Å². The number of carbonyl (C=O) groups is 1. The zero-order chi connectivity index (χ0) is 11.7. The molecule has 0 aromatic heterocycles. The molecule has 0 N–H and O–H groups in total. The van der Waals surface area contributed by atoms with Crippen LogP contribution in [0.15, 0.2) is 0 Å². The predicted molar refractivity (Wildman–Crippen MR) is 54.2 cm³/mol. The van der Waals surface area contributed by atoms with E-state index in [2.05, 4.69) is 0 Å². The zero-order valence-corrected chi connectivity index (χ0v) is 9.82. The molecule has 0 unspecified atom stereocenters. The number of carboxylic acids is 1. The molecule has 0 spiro atoms. The average Bonchev–Trinajstić information content (AvgIpc) is 2.08. The fraction of sp³-hybridized carbons (Fsp3) is 0.900. The minimum Gasteiger partial charge on any atom is -0.544 e. The fourth-order valence-electron chi connectivity index (χ4n) is 1.10. The van der Waals surface area contributed by atoms with Crippen LogP contribution in [-0.4, -0.2) is 64.1 Å². The third-order valence-corrected chi connectivity index (χ3v) is 1.97. The minimum atomic E-state index is -1.03. The van der Waals surface area contributed by atoms with E-state index in [1.807, 2.05) is 21.0 Å². The summed E-state index contributed by atoms with van der Waals surface area (Å²) in [7, 11) is 3.67. The maximum Gasteiger partial charge on any atom is 0.119 e. The number of rotatable bonds is 9. The van der Waals surface area contributed by atoms with E-state index in [1.165, 1.54) is 0 Å². The Morgan fingerprint density at radius 1 is 1.20 bits per heavy atom. The van der Waals surface area contributed by atoms with Crippen LogP contribution in [0.3, 0.4) is 0 Å². The van der Waals surface area contributed by atoms with Crippen LogP contribution in [0, 0.1) is 0 Å². The molecular weight excluding hydrogens is 198 g/mol. The lowest BCUT2D eigenvalue weighted by atomic mass is 10.4. The molecule has 0 saturated heterocycles. The van der Waals surface area contributed by atoms with E-state index in [4.69, 9.17) is 9.47 Å². The van der Waals surface area contributed by atoms with Crippen molar-refractivity contribution < 1.29 is 23.9 Å². The fourth-order valence-corrected chi connectivity index (χ4v) is 1.10. The molecule has 0 fully saturated rings. The summed E-state index contributed by atoms with van der Waals surface area (Å²) in [6.45, 7) is 4.96. The first-order valence-corrected chi connectivity index (χ1v) is 5.15. The molecule has 5 heteroatoms. The Bertz CT molecular complexity index is 182. The smallest absolute Gasteiger partial charge is 0.119 e. The van der Waals surface area contributed by atoms with E-state index in [1.54, 1.807) is 0 Å². The van der Waals surface area contributed by atoms with Gasteiger partial charge in [0.1, 0.15) is 13.1 Å². The van der Waals surface area contributed by atoms with Crippen LogP contribution in [0.25, 0.3) is 0 Å². The summed E-state index contributed by atoms with van der Waals surface area (Å²) in [6, 6.07) is 0. The van der Waals surface area contributed by atoms with Crippen LogP contribution in [0.2, 0.25) is 0 Å². The Balaban J connectivity index is 3.44. The predicted octanol–water partition coefficient (Wildman–Crippen LogP) is -1.13. The van der Waals surface area contributed by atoms with E-state index < -0.39 is 5.97 Å². The molecule has 0 saturated carbocycles. The highest BCUT2D eigenvalue weighted by Crippen LogP contribution is 1.95. The van der Waals surface area contributed by atoms with Gasteiger partial charge in [-0.25, -0.2) is 0 Å². The summed E-state index contributed by atoms with van der Waals surface area (Å²) in [4.78, 5) is 10.4. The Hall–Kier alpha value is -0.650. The first kappa shape index (κ1) is 14.3. The van der Waals surface area contributed by atoms with Gasteiger partial charge >= 0.3 is 0 Å². The summed E-state index contributed by atoms with van der Waals surface area (Å²) < 4.78 is 10.8. The van der Waals surface area contributed by atoms with Crippen LogP contribution < -0.4 is 5.11 Å². The lowest BCUT2D eigenvalue weighted by molar-refractivity contribution is -0.885. The van der Waals surface area contributed by atoms with Gasteiger partial charge in [-0.1, -0.05) is 0 Å². The maximum atomic E-state index is 10.4. The van der Waals surface area contributed by atoms with Gasteiger partial charge in [-0.05, 0) is 6.92 Å². The van der Waals surface area contributed by atoms with Crippen LogP contribution >= 0.6 is 0 Å². The van der Waals surface area contributed by atoms with Gasteiger partial charge in [-0.15, -0.1) is 0 Å². The van der Waals surface area contributed by atoms with Gasteiger partial charge in [0.15, 0.2) is 0 Å². The van der Waals surface area contributed by atoms with Gasteiger partial charge in [0.25, 0.3) is 0 Å². The van der Waals surface area contributed by atoms with Crippen molar-refractivity contribution in [1.82, 2.24) is 0 Å². The third kappa shape index (κ3) is 9.65. The van der Waals surface area contributed by atoms with Crippen molar-refractivity contribution in [2.75, 3.05) is 53.6 Å². The van der Waals surface area contributed by atoms with Crippen LogP contribution in [-0.2, 0) is 14.3 Å². The Labute approximate surface area is 91.2 Å². The van der Waals surface area contributed by atoms with Gasteiger partial charge in [-0.2, -0.15) is 0 Å². The molecule has 0 radical (unpaired) electrons. The van der Waals surface area contributed by atoms with Crippen LogP contribution in [0.1, 0.15) is 6.92 Å². The summed E-state index contributed by atoms with van der Waals surface area (Å²) in [6.07, 6.45) is 0.